The minimum atomic E-state index is -0.125. The van der Waals surface area contributed by atoms with Crippen molar-refractivity contribution >= 4 is 5.91 Å². The number of aromatic nitrogens is 2. The Labute approximate surface area is 130 Å². The highest BCUT2D eigenvalue weighted by Gasteiger charge is 2.26. The van der Waals surface area contributed by atoms with Gasteiger partial charge in [-0.2, -0.15) is 5.10 Å². The normalized spacial score (nSPS) is 14.3. The van der Waals surface area contributed by atoms with E-state index in [9.17, 15) is 4.79 Å². The molecule has 1 aliphatic rings. The molecule has 1 fully saturated rings. The van der Waals surface area contributed by atoms with E-state index in [4.69, 9.17) is 0 Å². The summed E-state index contributed by atoms with van der Waals surface area (Å²) < 4.78 is 0. The van der Waals surface area contributed by atoms with Crippen molar-refractivity contribution in [2.24, 2.45) is 0 Å². The molecule has 0 bridgehead atoms. The number of carbonyl (C=O) groups excluding carboxylic acids is 1. The van der Waals surface area contributed by atoms with Gasteiger partial charge in [0.1, 0.15) is 5.69 Å². The van der Waals surface area contributed by atoms with Crippen LogP contribution in [0.15, 0.2) is 30.3 Å². The smallest absolute Gasteiger partial charge is 0.272 e. The minimum absolute atomic E-state index is 0.125. The zero-order valence-corrected chi connectivity index (χ0v) is 13.1. The fourth-order valence-corrected chi connectivity index (χ4v) is 2.46. The first kappa shape index (κ1) is 14.8. The van der Waals surface area contributed by atoms with Crippen molar-refractivity contribution in [1.29, 1.82) is 0 Å². The van der Waals surface area contributed by atoms with E-state index in [2.05, 4.69) is 44.7 Å². The number of benzene rings is 1. The van der Waals surface area contributed by atoms with Gasteiger partial charge in [-0.15, -0.1) is 0 Å². The molecule has 5 heteroatoms. The Balaban J connectivity index is 1.53. The maximum atomic E-state index is 12.1. The molecule has 2 aromatic rings. The lowest BCUT2D eigenvalue weighted by Gasteiger charge is -2.10. The van der Waals surface area contributed by atoms with Crippen LogP contribution in [0.3, 0.4) is 0 Å². The summed E-state index contributed by atoms with van der Waals surface area (Å²) in [6.45, 7) is 1.44. The molecular formula is C17H22N4O. The van der Waals surface area contributed by atoms with Gasteiger partial charge in [0.25, 0.3) is 5.91 Å². The Morgan fingerprint density at radius 1 is 1.27 bits per heavy atom. The van der Waals surface area contributed by atoms with Crippen LogP contribution in [-0.2, 0) is 13.1 Å². The fraction of sp³-hybridized carbons (Fsp3) is 0.412. The largest absolute Gasteiger partial charge is 0.347 e. The van der Waals surface area contributed by atoms with Crippen LogP contribution >= 0.6 is 0 Å². The highest BCUT2D eigenvalue weighted by atomic mass is 16.1. The summed E-state index contributed by atoms with van der Waals surface area (Å²) in [7, 11) is 4.10. The lowest BCUT2D eigenvalue weighted by molar-refractivity contribution is 0.0946. The molecule has 1 saturated carbocycles. The van der Waals surface area contributed by atoms with Crippen molar-refractivity contribution in [2.45, 2.75) is 31.8 Å². The van der Waals surface area contributed by atoms with Crippen molar-refractivity contribution < 1.29 is 4.79 Å². The molecule has 0 unspecified atom stereocenters. The van der Waals surface area contributed by atoms with E-state index >= 15 is 0 Å². The van der Waals surface area contributed by atoms with Crippen LogP contribution < -0.4 is 5.32 Å². The van der Waals surface area contributed by atoms with E-state index in [1.165, 1.54) is 18.4 Å². The number of hydrogen-bond acceptors (Lipinski definition) is 3. The fourth-order valence-electron chi connectivity index (χ4n) is 2.46. The van der Waals surface area contributed by atoms with Crippen molar-refractivity contribution in [2.75, 3.05) is 14.1 Å². The lowest BCUT2D eigenvalue weighted by atomic mass is 10.1. The van der Waals surface area contributed by atoms with E-state index in [0.29, 0.717) is 18.2 Å². The number of H-pyrrole nitrogens is 1. The molecule has 2 N–H and O–H groups in total. The first-order chi connectivity index (χ1) is 10.6. The number of rotatable bonds is 6. The van der Waals surface area contributed by atoms with Gasteiger partial charge in [-0.05, 0) is 44.1 Å². The van der Waals surface area contributed by atoms with E-state index < -0.39 is 0 Å². The molecule has 1 aromatic carbocycles. The Kier molecular flexibility index (Phi) is 4.24. The molecule has 1 amide bonds. The molecule has 22 heavy (non-hydrogen) atoms. The lowest BCUT2D eigenvalue weighted by Crippen LogP contribution is -2.23. The molecule has 0 spiro atoms. The molecule has 1 aliphatic carbocycles. The second-order valence-electron chi connectivity index (χ2n) is 6.22. The summed E-state index contributed by atoms with van der Waals surface area (Å²) in [5.41, 5.74) is 3.92. The van der Waals surface area contributed by atoms with Crippen LogP contribution in [0.25, 0.3) is 0 Å². The van der Waals surface area contributed by atoms with E-state index in [-0.39, 0.29) is 5.91 Å². The van der Waals surface area contributed by atoms with Gasteiger partial charge in [0.2, 0.25) is 0 Å². The van der Waals surface area contributed by atoms with Crippen LogP contribution in [0, 0.1) is 0 Å². The van der Waals surface area contributed by atoms with Crippen LogP contribution in [0.4, 0.5) is 0 Å². The molecule has 0 saturated heterocycles. The third-order valence-corrected chi connectivity index (χ3v) is 3.82. The summed E-state index contributed by atoms with van der Waals surface area (Å²) in [5, 5.41) is 9.97. The molecule has 116 valence electrons. The molecule has 1 heterocycles. The highest BCUT2D eigenvalue weighted by Crippen LogP contribution is 2.38. The molecule has 3 rings (SSSR count). The second kappa shape index (κ2) is 6.32. The predicted octanol–water partition coefficient (Wildman–Crippen LogP) is 2.28. The van der Waals surface area contributed by atoms with Crippen molar-refractivity contribution in [3.05, 3.63) is 52.8 Å². The average molecular weight is 298 g/mol. The van der Waals surface area contributed by atoms with Gasteiger partial charge in [-0.25, -0.2) is 0 Å². The SMILES string of the molecule is CN(C)Cc1ccc(CNC(=O)c2cc(C3CC3)[nH]n2)cc1. The first-order valence-electron chi connectivity index (χ1n) is 7.68. The Morgan fingerprint density at radius 3 is 2.59 bits per heavy atom. The van der Waals surface area contributed by atoms with Gasteiger partial charge in [-0.1, -0.05) is 24.3 Å². The number of carbonyl (C=O) groups is 1. The maximum absolute atomic E-state index is 12.1. The predicted molar refractivity (Wildman–Crippen MR) is 85.6 cm³/mol. The third-order valence-electron chi connectivity index (χ3n) is 3.82. The number of nitrogens with one attached hydrogen (secondary N) is 2. The zero-order chi connectivity index (χ0) is 15.5. The van der Waals surface area contributed by atoms with Gasteiger partial charge in [0, 0.05) is 24.7 Å². The Hall–Kier alpha value is -2.14. The van der Waals surface area contributed by atoms with Crippen LogP contribution in [0.2, 0.25) is 0 Å². The number of aromatic amines is 1. The van der Waals surface area contributed by atoms with E-state index in [0.717, 1.165) is 17.8 Å². The molecule has 5 nitrogen and oxygen atoms in total. The summed E-state index contributed by atoms with van der Waals surface area (Å²) in [6.07, 6.45) is 2.39. The average Bonchev–Trinajstić information content (AvgIpc) is 3.23. The highest BCUT2D eigenvalue weighted by molar-refractivity contribution is 5.92. The molecule has 0 atom stereocenters. The van der Waals surface area contributed by atoms with Crippen molar-refractivity contribution in [3.63, 3.8) is 0 Å². The summed E-state index contributed by atoms with van der Waals surface area (Å²) >= 11 is 0. The van der Waals surface area contributed by atoms with E-state index in [1.807, 2.05) is 20.2 Å². The molecule has 0 aliphatic heterocycles. The molecule has 0 radical (unpaired) electrons. The summed E-state index contributed by atoms with van der Waals surface area (Å²) in [5.74, 6) is 0.457. The maximum Gasteiger partial charge on any atom is 0.272 e. The monoisotopic (exact) mass is 298 g/mol. The standard InChI is InChI=1S/C17H22N4O/c1-21(2)11-13-5-3-12(4-6-13)10-18-17(22)16-9-15(19-20-16)14-7-8-14/h3-6,9,14H,7-8,10-11H2,1-2H3,(H,18,22)(H,19,20). The van der Waals surface area contributed by atoms with Gasteiger partial charge in [-0.3, -0.25) is 9.89 Å². The van der Waals surface area contributed by atoms with Gasteiger partial charge < -0.3 is 10.2 Å². The first-order valence-corrected chi connectivity index (χ1v) is 7.68. The summed E-state index contributed by atoms with van der Waals surface area (Å²) in [4.78, 5) is 14.2. The van der Waals surface area contributed by atoms with Crippen LogP contribution in [0.1, 0.15) is 46.1 Å². The van der Waals surface area contributed by atoms with Gasteiger partial charge in [0.05, 0.1) is 0 Å². The number of amides is 1. The second-order valence-corrected chi connectivity index (χ2v) is 6.22. The van der Waals surface area contributed by atoms with Crippen LogP contribution in [-0.4, -0.2) is 35.1 Å². The van der Waals surface area contributed by atoms with Crippen molar-refractivity contribution in [1.82, 2.24) is 20.4 Å². The number of hydrogen-bond donors (Lipinski definition) is 2. The van der Waals surface area contributed by atoms with Gasteiger partial charge >= 0.3 is 0 Å². The quantitative estimate of drug-likeness (QED) is 0.860. The molecule has 1 aromatic heterocycles. The minimum Gasteiger partial charge on any atom is -0.347 e. The van der Waals surface area contributed by atoms with Crippen LogP contribution in [0.5, 0.6) is 0 Å². The molecular weight excluding hydrogens is 276 g/mol. The Morgan fingerprint density at radius 2 is 1.95 bits per heavy atom. The third kappa shape index (κ3) is 3.74. The summed E-state index contributed by atoms with van der Waals surface area (Å²) in [6, 6.07) is 10.2. The zero-order valence-electron chi connectivity index (χ0n) is 13.1. The Bertz CT molecular complexity index is 641. The topological polar surface area (TPSA) is 61.0 Å². The van der Waals surface area contributed by atoms with E-state index in [1.54, 1.807) is 0 Å². The van der Waals surface area contributed by atoms with Crippen molar-refractivity contribution in [3.8, 4) is 0 Å². The number of nitrogens with zero attached hydrogens (tertiary/aromatic N) is 2. The van der Waals surface area contributed by atoms with Gasteiger partial charge in [0.15, 0.2) is 0 Å².